The topological polar surface area (TPSA) is 46.6 Å². The van der Waals surface area contributed by atoms with Crippen LogP contribution in [0.25, 0.3) is 0 Å². The third kappa shape index (κ3) is 4.51. The molecule has 0 unspecified atom stereocenters. The zero-order valence-corrected chi connectivity index (χ0v) is 16.5. The summed E-state index contributed by atoms with van der Waals surface area (Å²) in [6.45, 7) is 4.98. The van der Waals surface area contributed by atoms with Crippen LogP contribution < -0.4 is 4.74 Å². The molecule has 0 saturated carbocycles. The Hall–Kier alpha value is 0.00338. The van der Waals surface area contributed by atoms with Crippen LogP contribution in [0.5, 0.6) is 5.75 Å². The molecule has 0 radical (unpaired) electrons. The summed E-state index contributed by atoms with van der Waals surface area (Å²) in [6, 6.07) is 4.87. The van der Waals surface area contributed by atoms with Gasteiger partial charge in [-0.25, -0.2) is 0 Å². The van der Waals surface area contributed by atoms with Crippen LogP contribution in [0.1, 0.15) is 32.3 Å². The van der Waals surface area contributed by atoms with Gasteiger partial charge in [0.2, 0.25) is 0 Å². The van der Waals surface area contributed by atoms with Gasteiger partial charge in [-0.3, -0.25) is 0 Å². The number of hydrogen-bond acceptors (Lipinski definition) is 3. The monoisotopic (exact) mass is 453 g/mol. The standard InChI is InChI=1S/C14H19NO3S.2ClH.Ru/c1-11(2)18-14-7-6-13(10-12(14)3)19(16,17)15-8-4-5-9-15;;;/h3,6-7,10-11H,4-5,8-9H2,1-2H3;2*1H;/q;;;+2/p-2. The Morgan fingerprint density at radius 1 is 1.27 bits per heavy atom. The van der Waals surface area contributed by atoms with Gasteiger partial charge in [0.25, 0.3) is 0 Å². The van der Waals surface area contributed by atoms with Crippen LogP contribution in [0.15, 0.2) is 23.1 Å². The van der Waals surface area contributed by atoms with Gasteiger partial charge in [0.05, 0.1) is 0 Å². The molecule has 2 rings (SSSR count). The summed E-state index contributed by atoms with van der Waals surface area (Å²) in [5.74, 6) is 0.607. The molecule has 0 amide bonds. The number of hydrogen-bond donors (Lipinski definition) is 0. The predicted molar refractivity (Wildman–Crippen MR) is 87.1 cm³/mol. The van der Waals surface area contributed by atoms with Crippen molar-refractivity contribution in [2.24, 2.45) is 0 Å². The summed E-state index contributed by atoms with van der Waals surface area (Å²) in [7, 11) is 8.45. The van der Waals surface area contributed by atoms with Crippen LogP contribution in [0.3, 0.4) is 0 Å². The van der Waals surface area contributed by atoms with E-state index in [9.17, 15) is 8.42 Å². The van der Waals surface area contributed by atoms with Gasteiger partial charge in [-0.15, -0.1) is 0 Å². The summed E-state index contributed by atoms with van der Waals surface area (Å²) < 4.78 is 34.2. The van der Waals surface area contributed by atoms with E-state index in [1.807, 2.05) is 13.8 Å². The van der Waals surface area contributed by atoms with Gasteiger partial charge < -0.3 is 0 Å². The second-order valence-electron chi connectivity index (χ2n) is 5.28. The SMILES string of the molecule is CC(C)Oc1ccc(S(=O)(=O)N2CCCC2)cc1[CH]=[Ru]([Cl])[Cl]. The van der Waals surface area contributed by atoms with Crippen LogP contribution in [0, 0.1) is 0 Å². The molecule has 0 atom stereocenters. The first kappa shape index (κ1) is 18.3. The predicted octanol–water partition coefficient (Wildman–Crippen LogP) is 3.33. The van der Waals surface area contributed by atoms with Gasteiger partial charge in [-0.2, -0.15) is 0 Å². The molecule has 1 aromatic carbocycles. The Bertz CT molecular complexity index is 667. The quantitative estimate of drug-likeness (QED) is 0.643. The van der Waals surface area contributed by atoms with E-state index >= 15 is 0 Å². The number of ether oxygens (including phenoxy) is 1. The molecular weight excluding hydrogens is 434 g/mol. The Morgan fingerprint density at radius 2 is 1.91 bits per heavy atom. The number of sulfonamides is 1. The third-order valence-corrected chi connectivity index (χ3v) is 6.96. The van der Waals surface area contributed by atoms with Crippen molar-refractivity contribution < 1.29 is 26.7 Å². The second-order valence-corrected chi connectivity index (χ2v) is 12.9. The number of benzene rings is 1. The Kier molecular flexibility index (Phi) is 6.43. The molecule has 0 aromatic heterocycles. The summed E-state index contributed by atoms with van der Waals surface area (Å²) in [4.78, 5) is 0.264. The molecule has 0 spiro atoms. The van der Waals surface area contributed by atoms with Gasteiger partial charge in [-0.05, 0) is 0 Å². The molecule has 126 valence electrons. The second kappa shape index (κ2) is 7.72. The van der Waals surface area contributed by atoms with Gasteiger partial charge in [0.15, 0.2) is 0 Å². The molecule has 1 saturated heterocycles. The molecule has 1 heterocycles. The van der Waals surface area contributed by atoms with Crippen molar-refractivity contribution in [1.29, 1.82) is 0 Å². The van der Waals surface area contributed by atoms with Gasteiger partial charge in [0, 0.05) is 0 Å². The average molecular weight is 453 g/mol. The Balaban J connectivity index is 2.44. The molecule has 0 N–H and O–H groups in total. The van der Waals surface area contributed by atoms with Crippen molar-refractivity contribution in [1.82, 2.24) is 4.31 Å². The first-order chi connectivity index (χ1) is 10.3. The van der Waals surface area contributed by atoms with Crippen molar-refractivity contribution in [2.45, 2.75) is 37.7 Å². The van der Waals surface area contributed by atoms with Gasteiger partial charge in [-0.1, -0.05) is 0 Å². The fourth-order valence-corrected chi connectivity index (χ4v) is 5.63. The van der Waals surface area contributed by atoms with Crippen LogP contribution >= 0.6 is 19.4 Å². The molecule has 1 aromatic rings. The van der Waals surface area contributed by atoms with Crippen molar-refractivity contribution in [3.05, 3.63) is 23.8 Å². The van der Waals surface area contributed by atoms with Crippen LogP contribution in [-0.4, -0.2) is 36.5 Å². The number of rotatable bonds is 5. The minimum atomic E-state index is -3.45. The zero-order valence-electron chi connectivity index (χ0n) is 12.4. The van der Waals surface area contributed by atoms with Crippen molar-refractivity contribution >= 4 is 34.0 Å². The molecule has 1 fully saturated rings. The van der Waals surface area contributed by atoms with Gasteiger partial charge in [0.1, 0.15) is 0 Å². The molecule has 0 aliphatic carbocycles. The fourth-order valence-electron chi connectivity index (χ4n) is 2.29. The maximum atomic E-state index is 12.6. The van der Waals surface area contributed by atoms with Gasteiger partial charge >= 0.3 is 145 Å². The molecule has 8 heteroatoms. The first-order valence-electron chi connectivity index (χ1n) is 6.95. The third-order valence-electron chi connectivity index (χ3n) is 3.23. The normalized spacial score (nSPS) is 16.9. The average Bonchev–Trinajstić information content (AvgIpc) is 2.94. The first-order valence-corrected chi connectivity index (χ1v) is 13.9. The molecule has 1 aliphatic heterocycles. The molecule has 22 heavy (non-hydrogen) atoms. The van der Waals surface area contributed by atoms with E-state index in [1.54, 1.807) is 22.8 Å². The van der Waals surface area contributed by atoms with E-state index in [1.165, 1.54) is 4.31 Å². The Morgan fingerprint density at radius 3 is 2.45 bits per heavy atom. The van der Waals surface area contributed by atoms with E-state index in [0.29, 0.717) is 24.4 Å². The Labute approximate surface area is 144 Å². The number of nitrogens with zero attached hydrogens (tertiary/aromatic N) is 1. The summed E-state index contributed by atoms with van der Waals surface area (Å²) >= 11 is -2.08. The van der Waals surface area contributed by atoms with E-state index in [2.05, 4.69) is 0 Å². The van der Waals surface area contributed by atoms with Crippen molar-refractivity contribution in [3.8, 4) is 5.75 Å². The zero-order chi connectivity index (χ0) is 16.3. The fraction of sp³-hybridized carbons (Fsp3) is 0.500. The van der Waals surface area contributed by atoms with Crippen LogP contribution in [-0.2, 0) is 23.5 Å². The summed E-state index contributed by atoms with van der Waals surface area (Å²) in [6.07, 6.45) is 1.80. The minimum absolute atomic E-state index is 0.0144. The summed E-state index contributed by atoms with van der Waals surface area (Å²) in [5, 5.41) is 0. The molecule has 1 aliphatic rings. The molecule has 0 bridgehead atoms. The van der Waals surface area contributed by atoms with E-state index < -0.39 is 23.5 Å². The van der Waals surface area contributed by atoms with Crippen LogP contribution in [0.2, 0.25) is 0 Å². The summed E-state index contributed by atoms with van der Waals surface area (Å²) in [5.41, 5.74) is 0.651. The van der Waals surface area contributed by atoms with Crippen LogP contribution in [0.4, 0.5) is 0 Å². The van der Waals surface area contributed by atoms with E-state index in [0.717, 1.165) is 12.8 Å². The molecule has 4 nitrogen and oxygen atoms in total. The molecular formula is C14H19Cl2NO3RuS. The number of halogens is 2. The van der Waals surface area contributed by atoms with E-state index in [-0.39, 0.29) is 11.0 Å². The maximum absolute atomic E-state index is 12.6. The van der Waals surface area contributed by atoms with E-state index in [4.69, 9.17) is 24.1 Å². The van der Waals surface area contributed by atoms with Crippen molar-refractivity contribution in [2.75, 3.05) is 13.1 Å². The van der Waals surface area contributed by atoms with Crippen molar-refractivity contribution in [3.63, 3.8) is 0 Å².